The van der Waals surface area contributed by atoms with E-state index in [1.165, 1.54) is 23.5 Å². The van der Waals surface area contributed by atoms with Gasteiger partial charge in [0, 0.05) is 17.7 Å². The largest absolute Gasteiger partial charge is 0.618 e. The summed E-state index contributed by atoms with van der Waals surface area (Å²) >= 11 is 1.28. The van der Waals surface area contributed by atoms with Crippen LogP contribution in [0, 0.1) is 5.21 Å². The van der Waals surface area contributed by atoms with E-state index in [1.54, 1.807) is 18.2 Å². The summed E-state index contributed by atoms with van der Waals surface area (Å²) in [5.74, 6) is 0.0431. The molecule has 3 nitrogen and oxygen atoms in total. The standard InChI is InChI=1S/C16H17NO2S/c1-3-13-7-9-14(10-8-13)16(18)12(2)20-15-6-4-5-11-17(15)19/h4-12H,3H2,1-2H3. The van der Waals surface area contributed by atoms with E-state index in [0.717, 1.165) is 11.2 Å². The zero-order chi connectivity index (χ0) is 14.5. The Morgan fingerprint density at radius 1 is 1.25 bits per heavy atom. The van der Waals surface area contributed by atoms with E-state index >= 15 is 0 Å². The monoisotopic (exact) mass is 287 g/mol. The molecule has 104 valence electrons. The Balaban J connectivity index is 2.10. The molecular weight excluding hydrogens is 270 g/mol. The number of pyridine rings is 1. The van der Waals surface area contributed by atoms with E-state index in [1.807, 2.05) is 31.2 Å². The van der Waals surface area contributed by atoms with Gasteiger partial charge >= 0.3 is 0 Å². The molecule has 0 spiro atoms. The smallest absolute Gasteiger partial charge is 0.252 e. The van der Waals surface area contributed by atoms with Crippen LogP contribution < -0.4 is 4.73 Å². The van der Waals surface area contributed by atoms with Gasteiger partial charge in [-0.15, -0.1) is 0 Å². The first-order valence-electron chi connectivity index (χ1n) is 6.60. The van der Waals surface area contributed by atoms with Crippen LogP contribution in [0.2, 0.25) is 0 Å². The Hall–Kier alpha value is -1.81. The summed E-state index contributed by atoms with van der Waals surface area (Å²) in [6.45, 7) is 3.91. The van der Waals surface area contributed by atoms with Gasteiger partial charge in [0.2, 0.25) is 0 Å². The number of aromatic nitrogens is 1. The molecule has 2 rings (SSSR count). The van der Waals surface area contributed by atoms with E-state index in [9.17, 15) is 10.0 Å². The van der Waals surface area contributed by atoms with Crippen molar-refractivity contribution in [3.8, 4) is 0 Å². The highest BCUT2D eigenvalue weighted by Gasteiger charge is 2.19. The number of carbonyl (C=O) groups is 1. The van der Waals surface area contributed by atoms with Crippen LogP contribution in [0.4, 0.5) is 0 Å². The van der Waals surface area contributed by atoms with Gasteiger partial charge in [-0.05, 0) is 36.7 Å². The molecule has 0 aliphatic heterocycles. The number of thioether (sulfide) groups is 1. The summed E-state index contributed by atoms with van der Waals surface area (Å²) in [5, 5.41) is 11.8. The summed E-state index contributed by atoms with van der Waals surface area (Å²) in [6, 6.07) is 12.9. The van der Waals surface area contributed by atoms with Gasteiger partial charge in [-0.1, -0.05) is 31.2 Å². The van der Waals surface area contributed by atoms with E-state index in [2.05, 4.69) is 6.92 Å². The Kier molecular flexibility index (Phi) is 4.79. The number of ketones is 1. The minimum atomic E-state index is -0.287. The molecule has 0 saturated heterocycles. The van der Waals surface area contributed by atoms with Crippen LogP contribution in [0.3, 0.4) is 0 Å². The van der Waals surface area contributed by atoms with Gasteiger partial charge < -0.3 is 5.21 Å². The normalized spacial score (nSPS) is 12.1. The minimum absolute atomic E-state index is 0.0431. The molecule has 1 heterocycles. The zero-order valence-electron chi connectivity index (χ0n) is 11.6. The molecule has 0 radical (unpaired) electrons. The Morgan fingerprint density at radius 2 is 1.95 bits per heavy atom. The number of rotatable bonds is 5. The summed E-state index contributed by atoms with van der Waals surface area (Å²) < 4.78 is 0.786. The van der Waals surface area contributed by atoms with Crippen LogP contribution in [0.1, 0.15) is 29.8 Å². The molecule has 0 fully saturated rings. The van der Waals surface area contributed by atoms with Gasteiger partial charge in [-0.3, -0.25) is 4.79 Å². The fourth-order valence-electron chi connectivity index (χ4n) is 1.88. The van der Waals surface area contributed by atoms with Gasteiger partial charge in [0.1, 0.15) is 0 Å². The second-order valence-electron chi connectivity index (χ2n) is 4.54. The second kappa shape index (κ2) is 6.57. The molecule has 20 heavy (non-hydrogen) atoms. The molecule has 0 aliphatic rings. The summed E-state index contributed by atoms with van der Waals surface area (Å²) in [6.07, 6.45) is 2.40. The van der Waals surface area contributed by atoms with Crippen molar-refractivity contribution in [3.63, 3.8) is 0 Å². The predicted molar refractivity (Wildman–Crippen MR) is 80.9 cm³/mol. The van der Waals surface area contributed by atoms with E-state index in [0.29, 0.717) is 10.6 Å². The lowest BCUT2D eigenvalue weighted by Gasteiger charge is -2.10. The summed E-state index contributed by atoms with van der Waals surface area (Å²) in [7, 11) is 0. The molecule has 1 aromatic heterocycles. The third-order valence-corrected chi connectivity index (χ3v) is 4.23. The number of benzene rings is 1. The molecule has 0 bridgehead atoms. The van der Waals surface area contributed by atoms with Crippen molar-refractivity contribution in [3.05, 3.63) is 65.0 Å². The van der Waals surface area contributed by atoms with Crippen LogP contribution in [-0.2, 0) is 6.42 Å². The first-order chi connectivity index (χ1) is 9.61. The molecule has 4 heteroatoms. The van der Waals surface area contributed by atoms with Crippen LogP contribution >= 0.6 is 11.8 Å². The van der Waals surface area contributed by atoms with E-state index in [4.69, 9.17) is 0 Å². The average molecular weight is 287 g/mol. The topological polar surface area (TPSA) is 44.0 Å². The molecule has 1 aromatic carbocycles. The number of Topliss-reactive ketones (excluding diaryl/α,β-unsaturated/α-hetero) is 1. The van der Waals surface area contributed by atoms with Crippen LogP contribution in [0.5, 0.6) is 0 Å². The Labute approximate surface area is 123 Å². The fourth-order valence-corrected chi connectivity index (χ4v) is 2.81. The van der Waals surface area contributed by atoms with Crippen LogP contribution in [-0.4, -0.2) is 11.0 Å². The maximum absolute atomic E-state index is 12.3. The SMILES string of the molecule is CCc1ccc(C(=O)C(C)Sc2cccc[n+]2[O-])cc1. The van der Waals surface area contributed by atoms with Crippen molar-refractivity contribution in [2.24, 2.45) is 0 Å². The average Bonchev–Trinajstić information content (AvgIpc) is 2.49. The van der Waals surface area contributed by atoms with Crippen LogP contribution in [0.15, 0.2) is 53.7 Å². The lowest BCUT2D eigenvalue weighted by Crippen LogP contribution is -2.29. The van der Waals surface area contributed by atoms with Crippen molar-refractivity contribution >= 4 is 17.5 Å². The van der Waals surface area contributed by atoms with Crippen molar-refractivity contribution < 1.29 is 9.52 Å². The quantitative estimate of drug-likeness (QED) is 0.367. The first-order valence-corrected chi connectivity index (χ1v) is 7.47. The number of aryl methyl sites for hydroxylation is 1. The van der Waals surface area contributed by atoms with Crippen LogP contribution in [0.25, 0.3) is 0 Å². The number of hydrogen-bond donors (Lipinski definition) is 0. The maximum atomic E-state index is 12.3. The van der Waals surface area contributed by atoms with Crippen molar-refractivity contribution in [1.82, 2.24) is 0 Å². The molecule has 1 unspecified atom stereocenters. The number of carbonyl (C=O) groups excluding carboxylic acids is 1. The highest BCUT2D eigenvalue weighted by atomic mass is 32.2. The third-order valence-electron chi connectivity index (χ3n) is 3.10. The van der Waals surface area contributed by atoms with Gasteiger partial charge in [0.15, 0.2) is 12.0 Å². The van der Waals surface area contributed by atoms with Gasteiger partial charge in [0.05, 0.1) is 5.25 Å². The van der Waals surface area contributed by atoms with Gasteiger partial charge in [-0.25, -0.2) is 0 Å². The number of nitrogens with zero attached hydrogens (tertiary/aromatic N) is 1. The summed E-state index contributed by atoms with van der Waals surface area (Å²) in [4.78, 5) is 12.3. The van der Waals surface area contributed by atoms with E-state index < -0.39 is 0 Å². The van der Waals surface area contributed by atoms with Crippen molar-refractivity contribution in [2.45, 2.75) is 30.5 Å². The highest BCUT2D eigenvalue weighted by molar-refractivity contribution is 8.00. The predicted octanol–water partition coefficient (Wildman–Crippen LogP) is 3.25. The number of hydrogen-bond acceptors (Lipinski definition) is 3. The van der Waals surface area contributed by atoms with E-state index in [-0.39, 0.29) is 11.0 Å². The van der Waals surface area contributed by atoms with Gasteiger partial charge in [-0.2, -0.15) is 4.73 Å². The van der Waals surface area contributed by atoms with Crippen molar-refractivity contribution in [2.75, 3.05) is 0 Å². The molecular formula is C16H17NO2S. The van der Waals surface area contributed by atoms with Gasteiger partial charge in [0.25, 0.3) is 5.03 Å². The maximum Gasteiger partial charge on any atom is 0.252 e. The third kappa shape index (κ3) is 3.39. The fraction of sp³-hybridized carbons (Fsp3) is 0.250. The first kappa shape index (κ1) is 14.6. The highest BCUT2D eigenvalue weighted by Crippen LogP contribution is 2.22. The molecule has 0 aliphatic carbocycles. The Morgan fingerprint density at radius 3 is 2.55 bits per heavy atom. The lowest BCUT2D eigenvalue weighted by atomic mass is 10.1. The molecule has 1 atom stereocenters. The summed E-state index contributed by atoms with van der Waals surface area (Å²) in [5.41, 5.74) is 1.90. The molecule has 0 N–H and O–H groups in total. The molecule has 2 aromatic rings. The Bertz CT molecular complexity index is 596. The van der Waals surface area contributed by atoms with Crippen molar-refractivity contribution in [1.29, 1.82) is 0 Å². The zero-order valence-corrected chi connectivity index (χ0v) is 12.4. The minimum Gasteiger partial charge on any atom is -0.618 e. The second-order valence-corrected chi connectivity index (χ2v) is 5.90. The molecule has 0 amide bonds. The lowest BCUT2D eigenvalue weighted by molar-refractivity contribution is -0.645. The molecule has 0 saturated carbocycles.